The van der Waals surface area contributed by atoms with Gasteiger partial charge in [-0.3, -0.25) is 4.79 Å². The van der Waals surface area contributed by atoms with Crippen molar-refractivity contribution in [3.63, 3.8) is 0 Å². The highest BCUT2D eigenvalue weighted by atomic mass is 19.3. The standard InChI is InChI=1S/C20H12F5N3O/c21-13-6-11-12(7-26-19(11)18(25)17(13)24)15-5-4-9-10(2-1-3-14(9)28-15)20(29)27-8-16(22)23/h1-7,16,26H,8H2,(H,27,29). The molecular weight excluding hydrogens is 393 g/mol. The van der Waals surface area contributed by atoms with Crippen LogP contribution in [0.3, 0.4) is 0 Å². The van der Waals surface area contributed by atoms with E-state index in [1.54, 1.807) is 18.2 Å². The second-order valence-electron chi connectivity index (χ2n) is 6.28. The lowest BCUT2D eigenvalue weighted by Gasteiger charge is -2.09. The fourth-order valence-electron chi connectivity index (χ4n) is 3.15. The van der Waals surface area contributed by atoms with Crippen molar-refractivity contribution in [2.45, 2.75) is 6.43 Å². The number of amides is 1. The zero-order valence-electron chi connectivity index (χ0n) is 14.6. The highest BCUT2D eigenvalue weighted by molar-refractivity contribution is 6.07. The molecule has 4 rings (SSSR count). The van der Waals surface area contributed by atoms with Gasteiger partial charge in [-0.25, -0.2) is 26.9 Å². The third kappa shape index (κ3) is 3.28. The number of nitrogens with one attached hydrogen (secondary N) is 2. The quantitative estimate of drug-likeness (QED) is 0.379. The van der Waals surface area contributed by atoms with Crippen LogP contribution in [0.5, 0.6) is 0 Å². The number of alkyl halides is 2. The van der Waals surface area contributed by atoms with E-state index in [4.69, 9.17) is 0 Å². The van der Waals surface area contributed by atoms with Gasteiger partial charge in [0.05, 0.1) is 23.3 Å². The molecule has 0 saturated heterocycles. The number of carbonyl (C=O) groups excluding carboxylic acids is 1. The van der Waals surface area contributed by atoms with Gasteiger partial charge in [0.25, 0.3) is 12.3 Å². The Balaban J connectivity index is 1.80. The number of rotatable bonds is 4. The average Bonchev–Trinajstić information content (AvgIpc) is 3.13. The summed E-state index contributed by atoms with van der Waals surface area (Å²) in [5.41, 5.74) is 1.03. The topological polar surface area (TPSA) is 57.8 Å². The van der Waals surface area contributed by atoms with Crippen LogP contribution in [-0.4, -0.2) is 28.8 Å². The van der Waals surface area contributed by atoms with Crippen LogP contribution >= 0.6 is 0 Å². The molecule has 0 spiro atoms. The molecule has 0 aliphatic rings. The highest BCUT2D eigenvalue weighted by Gasteiger charge is 2.19. The summed E-state index contributed by atoms with van der Waals surface area (Å²) in [4.78, 5) is 19.1. The van der Waals surface area contributed by atoms with Crippen LogP contribution in [0.1, 0.15) is 10.4 Å². The monoisotopic (exact) mass is 405 g/mol. The summed E-state index contributed by atoms with van der Waals surface area (Å²) in [6.07, 6.45) is -1.30. The number of pyridine rings is 1. The molecule has 0 unspecified atom stereocenters. The summed E-state index contributed by atoms with van der Waals surface area (Å²) < 4.78 is 65.7. The van der Waals surface area contributed by atoms with E-state index in [1.807, 2.05) is 0 Å². The van der Waals surface area contributed by atoms with E-state index in [9.17, 15) is 26.7 Å². The zero-order chi connectivity index (χ0) is 20.7. The fraction of sp³-hybridized carbons (Fsp3) is 0.100. The van der Waals surface area contributed by atoms with Crippen molar-refractivity contribution in [1.29, 1.82) is 0 Å². The first-order valence-electron chi connectivity index (χ1n) is 8.48. The minimum absolute atomic E-state index is 0.110. The van der Waals surface area contributed by atoms with Gasteiger partial charge in [0, 0.05) is 28.1 Å². The van der Waals surface area contributed by atoms with Gasteiger partial charge < -0.3 is 10.3 Å². The van der Waals surface area contributed by atoms with Crippen molar-refractivity contribution >= 4 is 27.7 Å². The Morgan fingerprint density at radius 1 is 1.07 bits per heavy atom. The number of hydrogen-bond donors (Lipinski definition) is 2. The molecule has 2 N–H and O–H groups in total. The first-order chi connectivity index (χ1) is 13.9. The average molecular weight is 405 g/mol. The van der Waals surface area contributed by atoms with Gasteiger partial charge in [-0.2, -0.15) is 0 Å². The second-order valence-corrected chi connectivity index (χ2v) is 6.28. The Bertz CT molecular complexity index is 1250. The molecule has 1 amide bonds. The van der Waals surface area contributed by atoms with E-state index < -0.39 is 36.3 Å². The number of hydrogen-bond acceptors (Lipinski definition) is 2. The smallest absolute Gasteiger partial charge is 0.255 e. The summed E-state index contributed by atoms with van der Waals surface area (Å²) in [5.74, 6) is -4.89. The van der Waals surface area contributed by atoms with Gasteiger partial charge in [-0.15, -0.1) is 0 Å². The number of carbonyl (C=O) groups is 1. The zero-order valence-corrected chi connectivity index (χ0v) is 14.6. The van der Waals surface area contributed by atoms with Crippen molar-refractivity contribution in [3.8, 4) is 11.3 Å². The fourth-order valence-corrected chi connectivity index (χ4v) is 3.15. The van der Waals surface area contributed by atoms with Gasteiger partial charge >= 0.3 is 0 Å². The van der Waals surface area contributed by atoms with E-state index in [-0.39, 0.29) is 16.5 Å². The van der Waals surface area contributed by atoms with Crippen molar-refractivity contribution < 1.29 is 26.7 Å². The summed E-state index contributed by atoms with van der Waals surface area (Å²) in [7, 11) is 0. The Hall–Kier alpha value is -3.49. The number of aromatic amines is 1. The van der Waals surface area contributed by atoms with Gasteiger partial charge in [0.1, 0.15) is 0 Å². The van der Waals surface area contributed by atoms with Crippen LogP contribution in [0.25, 0.3) is 33.1 Å². The first-order valence-corrected chi connectivity index (χ1v) is 8.48. The van der Waals surface area contributed by atoms with Gasteiger partial charge in [-0.1, -0.05) is 6.07 Å². The lowest BCUT2D eigenvalue weighted by atomic mass is 10.0. The third-order valence-corrected chi connectivity index (χ3v) is 4.48. The molecular formula is C20H12F5N3O. The van der Waals surface area contributed by atoms with Crippen molar-refractivity contribution in [1.82, 2.24) is 15.3 Å². The third-order valence-electron chi connectivity index (χ3n) is 4.48. The summed E-state index contributed by atoms with van der Waals surface area (Å²) in [6, 6.07) is 8.58. The van der Waals surface area contributed by atoms with E-state index in [1.165, 1.54) is 18.3 Å². The van der Waals surface area contributed by atoms with Gasteiger partial charge in [0.15, 0.2) is 17.5 Å². The maximum Gasteiger partial charge on any atom is 0.255 e. The second kappa shape index (κ2) is 7.16. The molecule has 2 aromatic carbocycles. The molecule has 2 aromatic heterocycles. The minimum Gasteiger partial charge on any atom is -0.358 e. The van der Waals surface area contributed by atoms with Crippen LogP contribution in [0.4, 0.5) is 22.0 Å². The molecule has 0 bridgehead atoms. The number of H-pyrrole nitrogens is 1. The van der Waals surface area contributed by atoms with Crippen molar-refractivity contribution in [2.24, 2.45) is 0 Å². The SMILES string of the molecule is O=C(NCC(F)F)c1cccc2nc(-c3c[nH]c4c(F)c(F)c(F)cc34)ccc12. The molecule has 0 saturated carbocycles. The van der Waals surface area contributed by atoms with Crippen LogP contribution in [0.15, 0.2) is 42.6 Å². The van der Waals surface area contributed by atoms with Crippen LogP contribution in [-0.2, 0) is 0 Å². The molecule has 0 atom stereocenters. The van der Waals surface area contributed by atoms with Crippen LogP contribution < -0.4 is 5.32 Å². The number of halogens is 5. The molecule has 4 nitrogen and oxygen atoms in total. The minimum atomic E-state index is -2.67. The maximum absolute atomic E-state index is 13.9. The number of aromatic nitrogens is 2. The van der Waals surface area contributed by atoms with E-state index in [0.29, 0.717) is 22.2 Å². The normalized spacial score (nSPS) is 11.5. The Morgan fingerprint density at radius 3 is 2.62 bits per heavy atom. The van der Waals surface area contributed by atoms with Gasteiger partial charge in [-0.05, 0) is 30.3 Å². The molecule has 2 heterocycles. The molecule has 148 valence electrons. The predicted octanol–water partition coefficient (Wildman–Crippen LogP) is 4.80. The Morgan fingerprint density at radius 2 is 1.86 bits per heavy atom. The predicted molar refractivity (Wildman–Crippen MR) is 97.2 cm³/mol. The number of nitrogens with zero attached hydrogens (tertiary/aromatic N) is 1. The van der Waals surface area contributed by atoms with Crippen molar-refractivity contribution in [2.75, 3.05) is 6.54 Å². The maximum atomic E-state index is 13.9. The Labute approximate surface area is 160 Å². The van der Waals surface area contributed by atoms with Gasteiger partial charge in [0.2, 0.25) is 0 Å². The summed E-state index contributed by atoms with van der Waals surface area (Å²) >= 11 is 0. The molecule has 9 heteroatoms. The molecule has 29 heavy (non-hydrogen) atoms. The number of benzene rings is 2. The first kappa shape index (κ1) is 18.9. The highest BCUT2D eigenvalue weighted by Crippen LogP contribution is 2.32. The molecule has 0 aliphatic heterocycles. The summed E-state index contributed by atoms with van der Waals surface area (Å²) in [6.45, 7) is -0.774. The van der Waals surface area contributed by atoms with E-state index >= 15 is 0 Å². The molecule has 0 fully saturated rings. The molecule has 0 radical (unpaired) electrons. The van der Waals surface area contributed by atoms with Crippen molar-refractivity contribution in [3.05, 3.63) is 65.6 Å². The van der Waals surface area contributed by atoms with E-state index in [0.717, 1.165) is 6.07 Å². The Kier molecular flexibility index (Phi) is 4.65. The summed E-state index contributed by atoms with van der Waals surface area (Å²) in [5, 5.41) is 2.67. The lowest BCUT2D eigenvalue weighted by Crippen LogP contribution is -2.28. The molecule has 0 aliphatic carbocycles. The van der Waals surface area contributed by atoms with E-state index in [2.05, 4.69) is 15.3 Å². The molecule has 4 aromatic rings. The lowest BCUT2D eigenvalue weighted by molar-refractivity contribution is 0.0893. The largest absolute Gasteiger partial charge is 0.358 e. The van der Waals surface area contributed by atoms with Crippen LogP contribution in [0, 0.1) is 17.5 Å². The van der Waals surface area contributed by atoms with Crippen LogP contribution in [0.2, 0.25) is 0 Å². The number of fused-ring (bicyclic) bond motifs is 2.